The number of pyridine rings is 1. The number of ether oxygens (including phenoxy) is 1. The second-order valence-electron chi connectivity index (χ2n) is 3.82. The van der Waals surface area contributed by atoms with Crippen LogP contribution in [0.4, 0.5) is 4.39 Å². The minimum atomic E-state index is -0.457. The summed E-state index contributed by atoms with van der Waals surface area (Å²) in [7, 11) is 1.81. The van der Waals surface area contributed by atoms with Crippen LogP contribution in [0.1, 0.15) is 5.56 Å². The summed E-state index contributed by atoms with van der Waals surface area (Å²) in [6.45, 7) is 0.584. The van der Waals surface area contributed by atoms with Crippen molar-refractivity contribution < 1.29 is 9.13 Å². The minimum Gasteiger partial charge on any atom is -0.436 e. The number of halogens is 3. The summed E-state index contributed by atoms with van der Waals surface area (Å²) >= 11 is 9.18. The molecule has 1 aromatic heterocycles. The van der Waals surface area contributed by atoms with Gasteiger partial charge in [0.1, 0.15) is 0 Å². The molecule has 0 spiro atoms. The summed E-state index contributed by atoms with van der Waals surface area (Å²) in [5, 5.41) is 3.53. The van der Waals surface area contributed by atoms with Gasteiger partial charge in [0.25, 0.3) is 0 Å². The molecule has 2 rings (SSSR count). The summed E-state index contributed by atoms with van der Waals surface area (Å²) < 4.78 is 19.7. The Bertz CT molecular complexity index is 595. The highest BCUT2D eigenvalue weighted by Crippen LogP contribution is 2.27. The zero-order valence-corrected chi connectivity index (χ0v) is 12.4. The number of aromatic nitrogens is 1. The Morgan fingerprint density at radius 3 is 2.89 bits per heavy atom. The van der Waals surface area contributed by atoms with Gasteiger partial charge in [0.15, 0.2) is 11.6 Å². The topological polar surface area (TPSA) is 34.1 Å². The molecule has 0 aliphatic heterocycles. The van der Waals surface area contributed by atoms with Gasteiger partial charge in [-0.25, -0.2) is 9.37 Å². The van der Waals surface area contributed by atoms with E-state index in [1.807, 2.05) is 7.05 Å². The first-order chi connectivity index (χ1) is 9.10. The van der Waals surface area contributed by atoms with Gasteiger partial charge in [-0.05, 0) is 30.8 Å². The van der Waals surface area contributed by atoms with Crippen LogP contribution >= 0.6 is 27.5 Å². The van der Waals surface area contributed by atoms with Crippen molar-refractivity contribution >= 4 is 27.5 Å². The van der Waals surface area contributed by atoms with E-state index in [9.17, 15) is 4.39 Å². The molecule has 100 valence electrons. The van der Waals surface area contributed by atoms with Crippen LogP contribution in [0.15, 0.2) is 34.9 Å². The number of nitrogens with zero attached hydrogens (tertiary/aromatic N) is 1. The number of hydrogen-bond acceptors (Lipinski definition) is 3. The normalized spacial score (nSPS) is 10.5. The first kappa shape index (κ1) is 14.2. The molecule has 19 heavy (non-hydrogen) atoms. The molecule has 0 aliphatic rings. The fourth-order valence-electron chi connectivity index (χ4n) is 1.51. The highest BCUT2D eigenvalue weighted by atomic mass is 79.9. The van der Waals surface area contributed by atoms with E-state index in [0.717, 1.165) is 5.56 Å². The lowest BCUT2D eigenvalue weighted by Crippen LogP contribution is -2.06. The van der Waals surface area contributed by atoms with Crippen LogP contribution in [0.2, 0.25) is 5.02 Å². The van der Waals surface area contributed by atoms with Gasteiger partial charge in [-0.15, -0.1) is 0 Å². The van der Waals surface area contributed by atoms with Crippen molar-refractivity contribution in [2.75, 3.05) is 7.05 Å². The van der Waals surface area contributed by atoms with Crippen LogP contribution in [0.3, 0.4) is 0 Å². The standard InChI is InChI=1S/C13H11BrClFN2O/c1-17-6-8-4-13(18-7-10(8)15)19-12-3-2-9(14)5-11(12)16/h2-5,7,17H,6H2,1H3. The molecule has 0 saturated heterocycles. The molecule has 0 unspecified atom stereocenters. The maximum atomic E-state index is 13.6. The van der Waals surface area contributed by atoms with E-state index >= 15 is 0 Å². The smallest absolute Gasteiger partial charge is 0.219 e. The number of rotatable bonds is 4. The molecule has 1 N–H and O–H groups in total. The summed E-state index contributed by atoms with van der Waals surface area (Å²) in [5.74, 6) is -0.0365. The second kappa shape index (κ2) is 6.32. The van der Waals surface area contributed by atoms with Gasteiger partial charge >= 0.3 is 0 Å². The quantitative estimate of drug-likeness (QED) is 0.904. The molecule has 0 fully saturated rings. The third-order valence-electron chi connectivity index (χ3n) is 2.39. The largest absolute Gasteiger partial charge is 0.436 e. The van der Waals surface area contributed by atoms with Gasteiger partial charge in [-0.1, -0.05) is 27.5 Å². The lowest BCUT2D eigenvalue weighted by atomic mass is 10.2. The minimum absolute atomic E-state index is 0.119. The fraction of sp³-hybridized carbons (Fsp3) is 0.154. The van der Waals surface area contributed by atoms with Gasteiger partial charge in [0.2, 0.25) is 5.88 Å². The molecule has 0 amide bonds. The average molecular weight is 346 g/mol. The van der Waals surface area contributed by atoms with E-state index in [0.29, 0.717) is 21.9 Å². The van der Waals surface area contributed by atoms with E-state index in [1.165, 1.54) is 18.3 Å². The molecule has 3 nitrogen and oxygen atoms in total. The van der Waals surface area contributed by atoms with Crippen molar-refractivity contribution in [3.8, 4) is 11.6 Å². The van der Waals surface area contributed by atoms with Gasteiger partial charge in [0.05, 0.1) is 5.02 Å². The van der Waals surface area contributed by atoms with Crippen LogP contribution < -0.4 is 10.1 Å². The highest BCUT2D eigenvalue weighted by Gasteiger charge is 2.08. The van der Waals surface area contributed by atoms with Crippen molar-refractivity contribution in [2.45, 2.75) is 6.54 Å². The van der Waals surface area contributed by atoms with Crippen LogP contribution in [0.25, 0.3) is 0 Å². The van der Waals surface area contributed by atoms with E-state index in [-0.39, 0.29) is 5.75 Å². The Morgan fingerprint density at radius 1 is 1.42 bits per heavy atom. The molecular formula is C13H11BrClFN2O. The highest BCUT2D eigenvalue weighted by molar-refractivity contribution is 9.10. The van der Waals surface area contributed by atoms with Crippen LogP contribution in [-0.4, -0.2) is 12.0 Å². The molecule has 1 aromatic carbocycles. The molecule has 0 aliphatic carbocycles. The Morgan fingerprint density at radius 2 is 2.21 bits per heavy atom. The van der Waals surface area contributed by atoms with E-state index in [2.05, 4.69) is 26.2 Å². The molecule has 6 heteroatoms. The second-order valence-corrected chi connectivity index (χ2v) is 5.14. The van der Waals surface area contributed by atoms with Gasteiger partial charge < -0.3 is 10.1 Å². The first-order valence-corrected chi connectivity index (χ1v) is 6.69. The van der Waals surface area contributed by atoms with Crippen molar-refractivity contribution in [3.63, 3.8) is 0 Å². The monoisotopic (exact) mass is 344 g/mol. The Kier molecular flexibility index (Phi) is 4.74. The molecule has 0 saturated carbocycles. The number of benzene rings is 1. The zero-order chi connectivity index (χ0) is 13.8. The maximum Gasteiger partial charge on any atom is 0.219 e. The number of nitrogens with one attached hydrogen (secondary N) is 1. The molecule has 0 atom stereocenters. The van der Waals surface area contributed by atoms with Crippen LogP contribution in [0.5, 0.6) is 11.6 Å². The van der Waals surface area contributed by atoms with E-state index in [1.54, 1.807) is 12.1 Å². The van der Waals surface area contributed by atoms with E-state index in [4.69, 9.17) is 16.3 Å². The third kappa shape index (κ3) is 3.65. The predicted molar refractivity (Wildman–Crippen MR) is 76.2 cm³/mol. The summed E-state index contributed by atoms with van der Waals surface area (Å²) in [6, 6.07) is 6.25. The average Bonchev–Trinajstić information content (AvgIpc) is 2.37. The molecule has 1 heterocycles. The van der Waals surface area contributed by atoms with E-state index < -0.39 is 5.82 Å². The van der Waals surface area contributed by atoms with Gasteiger partial charge in [-0.3, -0.25) is 0 Å². The maximum absolute atomic E-state index is 13.6. The molecule has 2 aromatic rings. The fourth-order valence-corrected chi connectivity index (χ4v) is 2.01. The zero-order valence-electron chi connectivity index (χ0n) is 10.1. The van der Waals surface area contributed by atoms with Crippen molar-refractivity contribution in [1.82, 2.24) is 10.3 Å². The first-order valence-electron chi connectivity index (χ1n) is 5.52. The Hall–Kier alpha value is -1.17. The van der Waals surface area contributed by atoms with Gasteiger partial charge in [0, 0.05) is 23.3 Å². The lowest BCUT2D eigenvalue weighted by molar-refractivity contribution is 0.426. The van der Waals surface area contributed by atoms with Crippen LogP contribution in [-0.2, 0) is 6.54 Å². The number of hydrogen-bond donors (Lipinski definition) is 1. The van der Waals surface area contributed by atoms with Crippen molar-refractivity contribution in [1.29, 1.82) is 0 Å². The Balaban J connectivity index is 2.25. The molecule has 0 radical (unpaired) electrons. The predicted octanol–water partition coefficient (Wildman–Crippen LogP) is 4.15. The summed E-state index contributed by atoms with van der Waals surface area (Å²) in [4.78, 5) is 4.02. The Labute approximate surface area is 123 Å². The molecular weight excluding hydrogens is 335 g/mol. The SMILES string of the molecule is CNCc1cc(Oc2ccc(Br)cc2F)ncc1Cl. The molecule has 0 bridgehead atoms. The summed E-state index contributed by atoms with van der Waals surface area (Å²) in [6.07, 6.45) is 1.49. The van der Waals surface area contributed by atoms with Crippen molar-refractivity contribution in [3.05, 3.63) is 51.3 Å². The van der Waals surface area contributed by atoms with Gasteiger partial charge in [-0.2, -0.15) is 0 Å². The third-order valence-corrected chi connectivity index (χ3v) is 3.22. The summed E-state index contributed by atoms with van der Waals surface area (Å²) in [5.41, 5.74) is 0.840. The van der Waals surface area contributed by atoms with Crippen molar-refractivity contribution in [2.24, 2.45) is 0 Å². The van der Waals surface area contributed by atoms with Crippen LogP contribution in [0, 0.1) is 5.82 Å². The lowest BCUT2D eigenvalue weighted by Gasteiger charge is -2.09.